The zero-order valence-electron chi connectivity index (χ0n) is 11.5. The predicted octanol–water partition coefficient (Wildman–Crippen LogP) is 2.15. The molecule has 1 aliphatic carbocycles. The quantitative estimate of drug-likeness (QED) is 0.872. The van der Waals surface area contributed by atoms with Crippen LogP contribution in [0.5, 0.6) is 0 Å². The van der Waals surface area contributed by atoms with E-state index < -0.39 is 0 Å². The van der Waals surface area contributed by atoms with E-state index in [1.807, 2.05) is 0 Å². The second-order valence-corrected chi connectivity index (χ2v) is 5.88. The summed E-state index contributed by atoms with van der Waals surface area (Å²) in [6.07, 6.45) is 5.37. The molecule has 102 valence electrons. The molecule has 1 aromatic rings. The van der Waals surface area contributed by atoms with Crippen molar-refractivity contribution >= 4 is 5.91 Å². The minimum absolute atomic E-state index is 0.0704. The number of amides is 1. The first kappa shape index (κ1) is 12.7. The van der Waals surface area contributed by atoms with E-state index in [1.54, 1.807) is 0 Å². The first-order valence-electron chi connectivity index (χ1n) is 7.35. The van der Waals surface area contributed by atoms with Gasteiger partial charge in [-0.1, -0.05) is 31.2 Å². The maximum Gasteiger partial charge on any atom is 0.237 e. The molecule has 1 fully saturated rings. The monoisotopic (exact) mass is 258 g/mol. The molecule has 0 saturated heterocycles. The topological polar surface area (TPSA) is 41.1 Å². The van der Waals surface area contributed by atoms with Gasteiger partial charge in [-0.15, -0.1) is 0 Å². The van der Waals surface area contributed by atoms with Crippen LogP contribution in [0.25, 0.3) is 0 Å². The van der Waals surface area contributed by atoms with Crippen molar-refractivity contribution in [1.82, 2.24) is 10.6 Å². The van der Waals surface area contributed by atoms with Gasteiger partial charge < -0.3 is 10.6 Å². The molecule has 3 nitrogen and oxygen atoms in total. The summed E-state index contributed by atoms with van der Waals surface area (Å²) in [5.41, 5.74) is 2.72. The molecule has 19 heavy (non-hydrogen) atoms. The molecule has 0 radical (unpaired) electrons. The zero-order valence-corrected chi connectivity index (χ0v) is 11.5. The minimum Gasteiger partial charge on any atom is -0.349 e. The number of carbonyl (C=O) groups excluding carboxylic acids is 1. The molecule has 0 aromatic heterocycles. The lowest BCUT2D eigenvalue weighted by atomic mass is 9.74. The summed E-state index contributed by atoms with van der Waals surface area (Å²) in [6, 6.07) is 8.31. The molecule has 1 aliphatic heterocycles. The summed E-state index contributed by atoms with van der Waals surface area (Å²) in [4.78, 5) is 12.4. The smallest absolute Gasteiger partial charge is 0.237 e. The molecule has 0 spiro atoms. The summed E-state index contributed by atoms with van der Waals surface area (Å²) >= 11 is 0. The molecule has 2 N–H and O–H groups in total. The maximum atomic E-state index is 12.4. The molecule has 1 heterocycles. The van der Waals surface area contributed by atoms with E-state index in [-0.39, 0.29) is 17.5 Å². The normalized spacial score (nSPS) is 24.2. The Morgan fingerprint density at radius 3 is 2.74 bits per heavy atom. The lowest BCUT2D eigenvalue weighted by Crippen LogP contribution is -2.58. The van der Waals surface area contributed by atoms with Gasteiger partial charge in [-0.2, -0.15) is 0 Å². The largest absolute Gasteiger partial charge is 0.349 e. The van der Waals surface area contributed by atoms with Crippen LogP contribution in [-0.2, 0) is 17.8 Å². The van der Waals surface area contributed by atoms with Crippen molar-refractivity contribution in [2.75, 3.05) is 0 Å². The lowest BCUT2D eigenvalue weighted by Gasteiger charge is -2.43. The van der Waals surface area contributed by atoms with E-state index in [0.717, 1.165) is 32.2 Å². The fourth-order valence-corrected chi connectivity index (χ4v) is 3.16. The summed E-state index contributed by atoms with van der Waals surface area (Å²) in [6.45, 7) is 2.97. The number of carbonyl (C=O) groups is 1. The standard InChI is InChI=1S/C16H22N2O/c1-2-16(8-5-9-16)18-15(19)14-10-12-6-3-4-7-13(12)11-17-14/h3-4,6-7,14,17H,2,5,8-11H2,1H3,(H,18,19)/t14-/m0/s1. The van der Waals surface area contributed by atoms with Gasteiger partial charge in [0.2, 0.25) is 5.91 Å². The first-order chi connectivity index (χ1) is 9.22. The fourth-order valence-electron chi connectivity index (χ4n) is 3.16. The number of hydrogen-bond donors (Lipinski definition) is 2. The number of fused-ring (bicyclic) bond motifs is 1. The van der Waals surface area contributed by atoms with Crippen molar-refractivity contribution in [3.8, 4) is 0 Å². The summed E-state index contributed by atoms with van der Waals surface area (Å²) in [5, 5.41) is 6.64. The van der Waals surface area contributed by atoms with E-state index in [2.05, 4.69) is 41.8 Å². The lowest BCUT2D eigenvalue weighted by molar-refractivity contribution is -0.126. The highest BCUT2D eigenvalue weighted by molar-refractivity contribution is 5.83. The first-order valence-corrected chi connectivity index (χ1v) is 7.35. The molecule has 1 amide bonds. The fraction of sp³-hybridized carbons (Fsp3) is 0.562. The molecular formula is C16H22N2O. The number of nitrogens with one attached hydrogen (secondary N) is 2. The van der Waals surface area contributed by atoms with Gasteiger partial charge in [0.05, 0.1) is 6.04 Å². The van der Waals surface area contributed by atoms with Gasteiger partial charge >= 0.3 is 0 Å². The highest BCUT2D eigenvalue weighted by Crippen LogP contribution is 2.34. The molecular weight excluding hydrogens is 236 g/mol. The van der Waals surface area contributed by atoms with Crippen LogP contribution < -0.4 is 10.6 Å². The van der Waals surface area contributed by atoms with Crippen LogP contribution in [-0.4, -0.2) is 17.5 Å². The minimum atomic E-state index is -0.0704. The van der Waals surface area contributed by atoms with Crippen molar-refractivity contribution < 1.29 is 4.79 Å². The van der Waals surface area contributed by atoms with Gasteiger partial charge in [0, 0.05) is 12.1 Å². The van der Waals surface area contributed by atoms with Crippen LogP contribution in [0, 0.1) is 0 Å². The Balaban J connectivity index is 1.66. The molecule has 1 aromatic carbocycles. The van der Waals surface area contributed by atoms with Crippen LogP contribution in [0.15, 0.2) is 24.3 Å². The molecule has 2 aliphatic rings. The number of benzene rings is 1. The van der Waals surface area contributed by atoms with Crippen LogP contribution >= 0.6 is 0 Å². The van der Waals surface area contributed by atoms with Crippen LogP contribution in [0.2, 0.25) is 0 Å². The van der Waals surface area contributed by atoms with Crippen LogP contribution in [0.1, 0.15) is 43.7 Å². The van der Waals surface area contributed by atoms with E-state index in [4.69, 9.17) is 0 Å². The van der Waals surface area contributed by atoms with Crippen molar-refractivity contribution in [3.63, 3.8) is 0 Å². The van der Waals surface area contributed by atoms with Gasteiger partial charge in [-0.3, -0.25) is 4.79 Å². The van der Waals surface area contributed by atoms with Gasteiger partial charge in [0.25, 0.3) is 0 Å². The van der Waals surface area contributed by atoms with Crippen molar-refractivity contribution in [1.29, 1.82) is 0 Å². The van der Waals surface area contributed by atoms with E-state index in [1.165, 1.54) is 17.5 Å². The molecule has 0 unspecified atom stereocenters. The highest BCUT2D eigenvalue weighted by Gasteiger charge is 2.38. The van der Waals surface area contributed by atoms with Crippen LogP contribution in [0.3, 0.4) is 0 Å². The SMILES string of the molecule is CCC1(NC(=O)[C@@H]2Cc3ccccc3CN2)CCC1. The van der Waals surface area contributed by atoms with Gasteiger partial charge in [0.15, 0.2) is 0 Å². The summed E-state index contributed by atoms with van der Waals surface area (Å²) in [7, 11) is 0. The third kappa shape index (κ3) is 2.39. The Morgan fingerprint density at radius 1 is 1.37 bits per heavy atom. The highest BCUT2D eigenvalue weighted by atomic mass is 16.2. The van der Waals surface area contributed by atoms with Crippen molar-refractivity contribution in [2.24, 2.45) is 0 Å². The van der Waals surface area contributed by atoms with Gasteiger partial charge in [-0.05, 0) is 43.2 Å². The number of rotatable bonds is 3. The van der Waals surface area contributed by atoms with Gasteiger partial charge in [0.1, 0.15) is 0 Å². The third-order valence-electron chi connectivity index (χ3n) is 4.77. The molecule has 0 bridgehead atoms. The Morgan fingerprint density at radius 2 is 2.11 bits per heavy atom. The molecule has 3 rings (SSSR count). The van der Waals surface area contributed by atoms with E-state index >= 15 is 0 Å². The Labute approximate surface area is 114 Å². The molecule has 1 saturated carbocycles. The van der Waals surface area contributed by atoms with Crippen molar-refractivity contribution in [3.05, 3.63) is 35.4 Å². The maximum absolute atomic E-state index is 12.4. The van der Waals surface area contributed by atoms with Crippen molar-refractivity contribution in [2.45, 2.75) is 57.2 Å². The Bertz CT molecular complexity index is 474. The third-order valence-corrected chi connectivity index (χ3v) is 4.77. The second kappa shape index (κ2) is 4.97. The second-order valence-electron chi connectivity index (χ2n) is 5.88. The average Bonchev–Trinajstić information content (AvgIpc) is 2.42. The predicted molar refractivity (Wildman–Crippen MR) is 75.8 cm³/mol. The number of hydrogen-bond acceptors (Lipinski definition) is 2. The summed E-state index contributed by atoms with van der Waals surface area (Å²) < 4.78 is 0. The summed E-state index contributed by atoms with van der Waals surface area (Å²) in [5.74, 6) is 0.177. The zero-order chi connectivity index (χ0) is 13.3. The molecule has 3 heteroatoms. The Hall–Kier alpha value is -1.35. The molecule has 1 atom stereocenters. The average molecular weight is 258 g/mol. The van der Waals surface area contributed by atoms with E-state index in [9.17, 15) is 4.79 Å². The Kier molecular flexibility index (Phi) is 3.31. The van der Waals surface area contributed by atoms with Gasteiger partial charge in [-0.25, -0.2) is 0 Å². The van der Waals surface area contributed by atoms with E-state index in [0.29, 0.717) is 0 Å². The van der Waals surface area contributed by atoms with Crippen LogP contribution in [0.4, 0.5) is 0 Å².